The fourth-order valence-corrected chi connectivity index (χ4v) is 1.04. The van der Waals surface area contributed by atoms with Crippen molar-refractivity contribution in [2.24, 2.45) is 0 Å². The monoisotopic (exact) mass is 191 g/mol. The first kappa shape index (κ1) is 10.3. The SMILES string of the molecule is C=CCCNC(=O)c1cccc(O)c1. The molecule has 1 rings (SSSR count). The zero-order valence-corrected chi connectivity index (χ0v) is 7.86. The van der Waals surface area contributed by atoms with E-state index in [-0.39, 0.29) is 11.7 Å². The van der Waals surface area contributed by atoms with Gasteiger partial charge in [-0.25, -0.2) is 0 Å². The van der Waals surface area contributed by atoms with Gasteiger partial charge in [-0.1, -0.05) is 12.1 Å². The lowest BCUT2D eigenvalue weighted by molar-refractivity contribution is 0.0954. The van der Waals surface area contributed by atoms with Gasteiger partial charge in [-0.05, 0) is 24.6 Å². The predicted octanol–water partition coefficient (Wildman–Crippen LogP) is 1.70. The Balaban J connectivity index is 2.56. The molecule has 0 heterocycles. The lowest BCUT2D eigenvalue weighted by atomic mass is 10.2. The van der Waals surface area contributed by atoms with Crippen molar-refractivity contribution in [2.75, 3.05) is 6.54 Å². The number of carbonyl (C=O) groups is 1. The smallest absolute Gasteiger partial charge is 0.251 e. The summed E-state index contributed by atoms with van der Waals surface area (Å²) in [6, 6.07) is 6.25. The molecule has 0 aliphatic carbocycles. The number of aromatic hydroxyl groups is 1. The highest BCUT2D eigenvalue weighted by Gasteiger charge is 2.03. The highest BCUT2D eigenvalue weighted by atomic mass is 16.3. The first-order chi connectivity index (χ1) is 6.74. The lowest BCUT2D eigenvalue weighted by Gasteiger charge is -2.03. The standard InChI is InChI=1S/C11H13NO2/c1-2-3-7-12-11(14)9-5-4-6-10(13)8-9/h2,4-6,8,13H,1,3,7H2,(H,12,14). The molecule has 14 heavy (non-hydrogen) atoms. The second-order valence-corrected chi connectivity index (χ2v) is 2.88. The van der Waals surface area contributed by atoms with E-state index in [9.17, 15) is 4.79 Å². The van der Waals surface area contributed by atoms with E-state index >= 15 is 0 Å². The second kappa shape index (κ2) is 5.07. The topological polar surface area (TPSA) is 49.3 Å². The van der Waals surface area contributed by atoms with Gasteiger partial charge in [-0.3, -0.25) is 4.79 Å². The first-order valence-corrected chi connectivity index (χ1v) is 4.42. The van der Waals surface area contributed by atoms with Gasteiger partial charge in [0.15, 0.2) is 0 Å². The van der Waals surface area contributed by atoms with Crippen LogP contribution < -0.4 is 5.32 Å². The van der Waals surface area contributed by atoms with Crippen LogP contribution in [0.4, 0.5) is 0 Å². The van der Waals surface area contributed by atoms with E-state index in [4.69, 9.17) is 5.11 Å². The van der Waals surface area contributed by atoms with Gasteiger partial charge in [-0.15, -0.1) is 6.58 Å². The zero-order chi connectivity index (χ0) is 10.4. The maximum Gasteiger partial charge on any atom is 0.251 e. The van der Waals surface area contributed by atoms with Crippen molar-refractivity contribution in [2.45, 2.75) is 6.42 Å². The number of carbonyl (C=O) groups excluding carboxylic acids is 1. The van der Waals surface area contributed by atoms with Crippen LogP contribution in [0.25, 0.3) is 0 Å². The summed E-state index contributed by atoms with van der Waals surface area (Å²) in [5, 5.41) is 11.8. The largest absolute Gasteiger partial charge is 0.508 e. The molecule has 0 saturated carbocycles. The molecule has 0 aliphatic heterocycles. The molecule has 0 saturated heterocycles. The molecule has 0 bridgehead atoms. The lowest BCUT2D eigenvalue weighted by Crippen LogP contribution is -2.23. The molecule has 0 spiro atoms. The van der Waals surface area contributed by atoms with Crippen molar-refractivity contribution < 1.29 is 9.90 Å². The van der Waals surface area contributed by atoms with Gasteiger partial charge in [0.05, 0.1) is 0 Å². The van der Waals surface area contributed by atoms with E-state index < -0.39 is 0 Å². The van der Waals surface area contributed by atoms with Gasteiger partial charge in [0.2, 0.25) is 0 Å². The zero-order valence-electron chi connectivity index (χ0n) is 7.86. The Bertz CT molecular complexity index is 334. The maximum absolute atomic E-state index is 11.4. The van der Waals surface area contributed by atoms with Crippen LogP contribution in [0.1, 0.15) is 16.8 Å². The third kappa shape index (κ3) is 2.94. The van der Waals surface area contributed by atoms with Crippen LogP contribution in [0.2, 0.25) is 0 Å². The number of amides is 1. The van der Waals surface area contributed by atoms with Crippen LogP contribution in [0.15, 0.2) is 36.9 Å². The molecule has 74 valence electrons. The summed E-state index contributed by atoms with van der Waals surface area (Å²) in [7, 11) is 0. The Morgan fingerprint density at radius 2 is 2.36 bits per heavy atom. The highest BCUT2D eigenvalue weighted by Crippen LogP contribution is 2.10. The summed E-state index contributed by atoms with van der Waals surface area (Å²) in [6.45, 7) is 4.12. The minimum atomic E-state index is -0.178. The van der Waals surface area contributed by atoms with Crippen LogP contribution in [0.5, 0.6) is 5.75 Å². The molecule has 0 aromatic heterocycles. The minimum Gasteiger partial charge on any atom is -0.508 e. The van der Waals surface area contributed by atoms with E-state index in [0.717, 1.165) is 6.42 Å². The average Bonchev–Trinajstić information content (AvgIpc) is 2.18. The van der Waals surface area contributed by atoms with E-state index in [1.165, 1.54) is 12.1 Å². The molecule has 0 unspecified atom stereocenters. The average molecular weight is 191 g/mol. The van der Waals surface area contributed by atoms with Crippen molar-refractivity contribution >= 4 is 5.91 Å². The van der Waals surface area contributed by atoms with Crippen LogP contribution in [-0.2, 0) is 0 Å². The Labute approximate surface area is 83.1 Å². The second-order valence-electron chi connectivity index (χ2n) is 2.88. The van der Waals surface area contributed by atoms with Crippen molar-refractivity contribution in [3.8, 4) is 5.75 Å². The van der Waals surface area contributed by atoms with E-state index in [0.29, 0.717) is 12.1 Å². The molecule has 0 fully saturated rings. The molecule has 3 nitrogen and oxygen atoms in total. The molecular formula is C11H13NO2. The summed E-state index contributed by atoms with van der Waals surface area (Å²) in [6.07, 6.45) is 2.48. The Morgan fingerprint density at radius 3 is 3.00 bits per heavy atom. The quantitative estimate of drug-likeness (QED) is 0.562. The van der Waals surface area contributed by atoms with Gasteiger partial charge in [0.25, 0.3) is 5.91 Å². The van der Waals surface area contributed by atoms with Crippen LogP contribution >= 0.6 is 0 Å². The van der Waals surface area contributed by atoms with Crippen molar-refractivity contribution in [3.05, 3.63) is 42.5 Å². The van der Waals surface area contributed by atoms with Crippen LogP contribution in [0, 0.1) is 0 Å². The molecule has 3 heteroatoms. The number of benzene rings is 1. The summed E-state index contributed by atoms with van der Waals surface area (Å²) in [5.74, 6) is -0.0795. The molecule has 0 atom stereocenters. The molecule has 1 aromatic carbocycles. The molecule has 1 amide bonds. The van der Waals surface area contributed by atoms with Gasteiger partial charge >= 0.3 is 0 Å². The van der Waals surface area contributed by atoms with E-state index in [2.05, 4.69) is 11.9 Å². The van der Waals surface area contributed by atoms with Crippen molar-refractivity contribution in [1.82, 2.24) is 5.32 Å². The van der Waals surface area contributed by atoms with Crippen LogP contribution in [-0.4, -0.2) is 17.6 Å². The Morgan fingerprint density at radius 1 is 1.57 bits per heavy atom. The summed E-state index contributed by atoms with van der Waals surface area (Å²) in [5.41, 5.74) is 0.467. The maximum atomic E-state index is 11.4. The fourth-order valence-electron chi connectivity index (χ4n) is 1.04. The number of nitrogens with one attached hydrogen (secondary N) is 1. The number of hydrogen-bond donors (Lipinski definition) is 2. The fraction of sp³-hybridized carbons (Fsp3) is 0.182. The molecule has 2 N–H and O–H groups in total. The predicted molar refractivity (Wildman–Crippen MR) is 55.3 cm³/mol. The number of phenolic OH excluding ortho intramolecular Hbond substituents is 1. The number of phenols is 1. The number of hydrogen-bond acceptors (Lipinski definition) is 2. The van der Waals surface area contributed by atoms with Gasteiger partial charge in [-0.2, -0.15) is 0 Å². The van der Waals surface area contributed by atoms with Crippen LogP contribution in [0.3, 0.4) is 0 Å². The molecule has 0 aliphatic rings. The normalized spacial score (nSPS) is 9.43. The molecular weight excluding hydrogens is 178 g/mol. The first-order valence-electron chi connectivity index (χ1n) is 4.42. The molecule has 1 aromatic rings. The highest BCUT2D eigenvalue weighted by molar-refractivity contribution is 5.94. The third-order valence-electron chi connectivity index (χ3n) is 1.74. The molecule has 0 radical (unpaired) electrons. The summed E-state index contributed by atoms with van der Waals surface area (Å²) < 4.78 is 0. The van der Waals surface area contributed by atoms with Gasteiger partial charge < -0.3 is 10.4 Å². The van der Waals surface area contributed by atoms with Crippen molar-refractivity contribution in [3.63, 3.8) is 0 Å². The Kier molecular flexibility index (Phi) is 3.73. The Hall–Kier alpha value is -1.77. The number of rotatable bonds is 4. The summed E-state index contributed by atoms with van der Waals surface area (Å²) >= 11 is 0. The minimum absolute atomic E-state index is 0.0985. The summed E-state index contributed by atoms with van der Waals surface area (Å²) in [4.78, 5) is 11.4. The van der Waals surface area contributed by atoms with E-state index in [1.807, 2.05) is 0 Å². The van der Waals surface area contributed by atoms with Gasteiger partial charge in [0.1, 0.15) is 5.75 Å². The third-order valence-corrected chi connectivity index (χ3v) is 1.74. The van der Waals surface area contributed by atoms with Crippen molar-refractivity contribution in [1.29, 1.82) is 0 Å². The van der Waals surface area contributed by atoms with E-state index in [1.54, 1.807) is 18.2 Å². The van der Waals surface area contributed by atoms with Gasteiger partial charge in [0, 0.05) is 12.1 Å².